The van der Waals surface area contributed by atoms with Crippen molar-refractivity contribution in [3.63, 3.8) is 0 Å². The molecule has 1 heterocycles. The van der Waals surface area contributed by atoms with Gasteiger partial charge in [0.05, 0.1) is 6.26 Å². The second-order valence-corrected chi connectivity index (χ2v) is 4.10. The lowest BCUT2D eigenvalue weighted by Gasteiger charge is -1.91. The molecule has 0 fully saturated rings. The lowest BCUT2D eigenvalue weighted by Crippen LogP contribution is -1.96. The van der Waals surface area contributed by atoms with Crippen molar-refractivity contribution in [2.45, 2.75) is 11.8 Å². The first-order valence-electron chi connectivity index (χ1n) is 2.76. The van der Waals surface area contributed by atoms with E-state index in [0.717, 1.165) is 6.26 Å². The van der Waals surface area contributed by atoms with Crippen molar-refractivity contribution >= 4 is 9.84 Å². The van der Waals surface area contributed by atoms with Crippen LogP contribution >= 0.6 is 0 Å². The monoisotopic (exact) mass is 160 g/mol. The summed E-state index contributed by atoms with van der Waals surface area (Å²) in [4.78, 5) is 0.271. The summed E-state index contributed by atoms with van der Waals surface area (Å²) in [6.07, 6.45) is 2.52. The van der Waals surface area contributed by atoms with E-state index in [-0.39, 0.29) is 4.90 Å². The Balaban J connectivity index is 3.32. The Morgan fingerprint density at radius 1 is 1.50 bits per heavy atom. The number of hydrogen-bond donors (Lipinski definition) is 0. The van der Waals surface area contributed by atoms with Crippen LogP contribution in [0, 0.1) is 6.92 Å². The van der Waals surface area contributed by atoms with E-state index in [4.69, 9.17) is 4.42 Å². The molecule has 0 aromatic carbocycles. The van der Waals surface area contributed by atoms with Crippen molar-refractivity contribution < 1.29 is 12.8 Å². The first-order chi connectivity index (χ1) is 4.52. The maximum atomic E-state index is 10.9. The fraction of sp³-hybridized carbons (Fsp3) is 0.333. The normalized spacial score (nSPS) is 11.8. The molecular weight excluding hydrogens is 152 g/mol. The molecule has 1 aromatic heterocycles. The minimum Gasteiger partial charge on any atom is -0.468 e. The van der Waals surface area contributed by atoms with Gasteiger partial charge in [-0.2, -0.15) is 0 Å². The number of rotatable bonds is 1. The largest absolute Gasteiger partial charge is 0.468 e. The Bertz CT molecular complexity index is 321. The lowest BCUT2D eigenvalue weighted by atomic mass is 10.5. The van der Waals surface area contributed by atoms with Crippen LogP contribution in [-0.2, 0) is 9.84 Å². The Labute approximate surface area is 59.6 Å². The Morgan fingerprint density at radius 3 is 2.30 bits per heavy atom. The molecule has 0 N–H and O–H groups in total. The van der Waals surface area contributed by atoms with Crippen molar-refractivity contribution in [2.24, 2.45) is 0 Å². The maximum absolute atomic E-state index is 10.9. The van der Waals surface area contributed by atoms with Gasteiger partial charge in [0.2, 0.25) is 0 Å². The molecule has 0 unspecified atom stereocenters. The second-order valence-electron chi connectivity index (χ2n) is 2.11. The SMILES string of the molecule is Cc1occc1S(C)(=O)=O. The van der Waals surface area contributed by atoms with E-state index < -0.39 is 9.84 Å². The zero-order valence-corrected chi connectivity index (χ0v) is 6.60. The highest BCUT2D eigenvalue weighted by Crippen LogP contribution is 2.14. The molecule has 0 radical (unpaired) electrons. The van der Waals surface area contributed by atoms with Crippen molar-refractivity contribution in [2.75, 3.05) is 6.26 Å². The van der Waals surface area contributed by atoms with E-state index >= 15 is 0 Å². The van der Waals surface area contributed by atoms with Crippen LogP contribution in [0.4, 0.5) is 0 Å². The first-order valence-corrected chi connectivity index (χ1v) is 4.65. The van der Waals surface area contributed by atoms with Crippen molar-refractivity contribution in [1.82, 2.24) is 0 Å². The Kier molecular flexibility index (Phi) is 1.56. The predicted octanol–water partition coefficient (Wildman–Crippen LogP) is 0.992. The van der Waals surface area contributed by atoms with E-state index in [1.54, 1.807) is 6.92 Å². The third kappa shape index (κ3) is 1.21. The van der Waals surface area contributed by atoms with Gasteiger partial charge in [-0.3, -0.25) is 0 Å². The topological polar surface area (TPSA) is 47.3 Å². The van der Waals surface area contributed by atoms with Crippen LogP contribution in [0.3, 0.4) is 0 Å². The van der Waals surface area contributed by atoms with E-state index in [1.807, 2.05) is 0 Å². The van der Waals surface area contributed by atoms with Gasteiger partial charge in [-0.05, 0) is 13.0 Å². The maximum Gasteiger partial charge on any atom is 0.178 e. The van der Waals surface area contributed by atoms with Crippen molar-refractivity contribution in [3.8, 4) is 0 Å². The molecule has 0 aliphatic rings. The zero-order valence-electron chi connectivity index (χ0n) is 5.79. The minimum absolute atomic E-state index is 0.271. The van der Waals surface area contributed by atoms with E-state index in [9.17, 15) is 8.42 Å². The summed E-state index contributed by atoms with van der Waals surface area (Å²) in [5.41, 5.74) is 0. The smallest absolute Gasteiger partial charge is 0.178 e. The molecule has 56 valence electrons. The van der Waals surface area contributed by atoms with Gasteiger partial charge in [0, 0.05) is 6.26 Å². The number of sulfone groups is 1. The molecular formula is C6H8O3S. The van der Waals surface area contributed by atoms with Crippen LogP contribution in [0.5, 0.6) is 0 Å². The molecule has 1 rings (SSSR count). The minimum atomic E-state index is -3.08. The molecule has 0 saturated carbocycles. The first kappa shape index (κ1) is 7.34. The highest BCUT2D eigenvalue weighted by molar-refractivity contribution is 7.90. The molecule has 0 saturated heterocycles. The Morgan fingerprint density at radius 2 is 2.10 bits per heavy atom. The molecule has 3 nitrogen and oxygen atoms in total. The molecule has 0 aliphatic carbocycles. The van der Waals surface area contributed by atoms with Crippen LogP contribution in [0.15, 0.2) is 21.6 Å². The summed E-state index contributed by atoms with van der Waals surface area (Å²) in [6, 6.07) is 1.45. The third-order valence-corrected chi connectivity index (χ3v) is 2.43. The van der Waals surface area contributed by atoms with Crippen molar-refractivity contribution in [3.05, 3.63) is 18.1 Å². The van der Waals surface area contributed by atoms with Gasteiger partial charge in [0.1, 0.15) is 10.7 Å². The number of hydrogen-bond acceptors (Lipinski definition) is 3. The fourth-order valence-corrected chi connectivity index (χ4v) is 1.63. The number of furan rings is 1. The molecule has 1 aromatic rings. The summed E-state index contributed by atoms with van der Waals surface area (Å²) in [7, 11) is -3.08. The molecule has 0 spiro atoms. The molecule has 0 amide bonds. The standard InChI is InChI=1S/C6H8O3S/c1-5-6(3-4-9-5)10(2,7)8/h3-4H,1-2H3. The highest BCUT2D eigenvalue weighted by atomic mass is 32.2. The average molecular weight is 160 g/mol. The molecule has 0 aliphatic heterocycles. The summed E-state index contributed by atoms with van der Waals surface area (Å²) >= 11 is 0. The Hall–Kier alpha value is -0.770. The number of aryl methyl sites for hydroxylation is 1. The van der Waals surface area contributed by atoms with Gasteiger partial charge in [-0.25, -0.2) is 8.42 Å². The van der Waals surface area contributed by atoms with Gasteiger partial charge in [-0.15, -0.1) is 0 Å². The molecule has 0 bridgehead atoms. The zero-order chi connectivity index (χ0) is 7.78. The fourth-order valence-electron chi connectivity index (χ4n) is 0.758. The lowest BCUT2D eigenvalue weighted by molar-refractivity contribution is 0.523. The summed E-state index contributed by atoms with van der Waals surface area (Å²) < 4.78 is 26.5. The van der Waals surface area contributed by atoms with Gasteiger partial charge in [-0.1, -0.05) is 0 Å². The molecule has 10 heavy (non-hydrogen) atoms. The summed E-state index contributed by atoms with van der Waals surface area (Å²) in [5.74, 6) is 0.447. The summed E-state index contributed by atoms with van der Waals surface area (Å²) in [5, 5.41) is 0. The van der Waals surface area contributed by atoms with Crippen LogP contribution < -0.4 is 0 Å². The van der Waals surface area contributed by atoms with Crippen LogP contribution in [-0.4, -0.2) is 14.7 Å². The van der Waals surface area contributed by atoms with Crippen LogP contribution in [0.1, 0.15) is 5.76 Å². The van der Waals surface area contributed by atoms with E-state index in [2.05, 4.69) is 0 Å². The van der Waals surface area contributed by atoms with Crippen LogP contribution in [0.2, 0.25) is 0 Å². The van der Waals surface area contributed by atoms with E-state index in [1.165, 1.54) is 12.3 Å². The van der Waals surface area contributed by atoms with Gasteiger partial charge in [0.15, 0.2) is 9.84 Å². The highest BCUT2D eigenvalue weighted by Gasteiger charge is 2.11. The quantitative estimate of drug-likeness (QED) is 0.615. The van der Waals surface area contributed by atoms with Gasteiger partial charge < -0.3 is 4.42 Å². The molecule has 0 atom stereocenters. The molecule has 4 heteroatoms. The second kappa shape index (κ2) is 2.12. The average Bonchev–Trinajstić information content (AvgIpc) is 2.11. The predicted molar refractivity (Wildman–Crippen MR) is 36.6 cm³/mol. The summed E-state index contributed by atoms with van der Waals surface area (Å²) in [6.45, 7) is 1.62. The van der Waals surface area contributed by atoms with Gasteiger partial charge >= 0.3 is 0 Å². The third-order valence-electron chi connectivity index (χ3n) is 1.21. The van der Waals surface area contributed by atoms with Crippen LogP contribution in [0.25, 0.3) is 0 Å². The van der Waals surface area contributed by atoms with Crippen molar-refractivity contribution in [1.29, 1.82) is 0 Å². The van der Waals surface area contributed by atoms with E-state index in [0.29, 0.717) is 5.76 Å². The van der Waals surface area contributed by atoms with Gasteiger partial charge in [0.25, 0.3) is 0 Å².